The van der Waals surface area contributed by atoms with Gasteiger partial charge >= 0.3 is 0 Å². The fourth-order valence-electron chi connectivity index (χ4n) is 1.52. The number of furan rings is 1. The summed E-state index contributed by atoms with van der Waals surface area (Å²) < 4.78 is 28.6. The predicted octanol–water partition coefficient (Wildman–Crippen LogP) is 3.17. The molecule has 0 aliphatic heterocycles. The van der Waals surface area contributed by atoms with E-state index in [0.29, 0.717) is 0 Å². The van der Waals surface area contributed by atoms with E-state index in [1.54, 1.807) is 6.07 Å². The molecule has 1 heterocycles. The number of hydrogen-bond acceptors (Lipinski definition) is 3. The van der Waals surface area contributed by atoms with Gasteiger partial charge < -0.3 is 4.42 Å². The van der Waals surface area contributed by atoms with Gasteiger partial charge in [0.25, 0.3) is 0 Å². The van der Waals surface area contributed by atoms with Crippen LogP contribution in [0.4, 0.5) is 0 Å². The lowest BCUT2D eigenvalue weighted by atomic mass is 10.2. The van der Waals surface area contributed by atoms with Crippen molar-refractivity contribution < 1.29 is 12.8 Å². The number of aryl methyl sites for hydroxylation is 1. The maximum atomic E-state index is 11.9. The van der Waals surface area contributed by atoms with E-state index in [9.17, 15) is 8.42 Å². The van der Waals surface area contributed by atoms with Gasteiger partial charge in [-0.1, -0.05) is 29.8 Å². The van der Waals surface area contributed by atoms with Crippen LogP contribution in [0.2, 0.25) is 0 Å². The first-order valence-electron chi connectivity index (χ1n) is 5.54. The first kappa shape index (κ1) is 12.6. The molecule has 3 nitrogen and oxygen atoms in total. The second kappa shape index (κ2) is 5.23. The Balaban J connectivity index is 2.10. The maximum absolute atomic E-state index is 11.9. The summed E-state index contributed by atoms with van der Waals surface area (Å²) in [4.78, 5) is 0. The Morgan fingerprint density at radius 1 is 1.17 bits per heavy atom. The highest BCUT2D eigenvalue weighted by Gasteiger charge is 2.07. The second-order valence-corrected chi connectivity index (χ2v) is 6.04. The molecule has 0 bridgehead atoms. The molecule has 0 unspecified atom stereocenters. The van der Waals surface area contributed by atoms with Crippen molar-refractivity contribution in [1.29, 1.82) is 0 Å². The molecule has 1 aromatic heterocycles. The number of hydrogen-bond donors (Lipinski definition) is 0. The predicted molar refractivity (Wildman–Crippen MR) is 71.5 cm³/mol. The summed E-state index contributed by atoms with van der Waals surface area (Å²) in [5.41, 5.74) is 2.64. The van der Waals surface area contributed by atoms with E-state index in [1.165, 1.54) is 24.0 Å². The fraction of sp³-hybridized carbons (Fsp3) is 0.143. The molecule has 0 amide bonds. The minimum absolute atomic E-state index is 0.0155. The molecule has 2 aromatic rings. The van der Waals surface area contributed by atoms with Gasteiger partial charge in [-0.05, 0) is 24.6 Å². The van der Waals surface area contributed by atoms with Crippen molar-refractivity contribution in [2.75, 3.05) is 0 Å². The molecule has 0 saturated carbocycles. The monoisotopic (exact) mass is 262 g/mol. The van der Waals surface area contributed by atoms with Crippen LogP contribution in [0.5, 0.6) is 0 Å². The summed E-state index contributed by atoms with van der Waals surface area (Å²) in [6.07, 6.45) is 4.54. The van der Waals surface area contributed by atoms with Crippen LogP contribution in [0, 0.1) is 6.92 Å². The molecule has 0 N–H and O–H groups in total. The van der Waals surface area contributed by atoms with Crippen LogP contribution in [-0.2, 0) is 15.6 Å². The molecule has 0 saturated heterocycles. The molecule has 0 radical (unpaired) electrons. The minimum Gasteiger partial charge on any atom is -0.472 e. The van der Waals surface area contributed by atoms with Crippen LogP contribution in [0.15, 0.2) is 52.7 Å². The molecule has 1 aromatic carbocycles. The molecule has 0 spiro atoms. The highest BCUT2D eigenvalue weighted by Crippen LogP contribution is 2.11. The maximum Gasteiger partial charge on any atom is 0.175 e. The molecular formula is C14H14O3S. The van der Waals surface area contributed by atoms with Crippen molar-refractivity contribution in [3.63, 3.8) is 0 Å². The van der Waals surface area contributed by atoms with E-state index >= 15 is 0 Å². The van der Waals surface area contributed by atoms with Crippen molar-refractivity contribution in [2.45, 2.75) is 12.7 Å². The van der Waals surface area contributed by atoms with Crippen LogP contribution >= 0.6 is 0 Å². The topological polar surface area (TPSA) is 47.3 Å². The van der Waals surface area contributed by atoms with Gasteiger partial charge in [-0.3, -0.25) is 0 Å². The molecule has 0 fully saturated rings. The van der Waals surface area contributed by atoms with Crippen LogP contribution in [0.1, 0.15) is 16.7 Å². The zero-order chi connectivity index (χ0) is 13.0. The van der Waals surface area contributed by atoms with Crippen molar-refractivity contribution in [1.82, 2.24) is 0 Å². The second-order valence-electron chi connectivity index (χ2n) is 4.15. The minimum atomic E-state index is -3.25. The average molecular weight is 262 g/mol. The van der Waals surface area contributed by atoms with Crippen molar-refractivity contribution in [2.24, 2.45) is 0 Å². The third-order valence-electron chi connectivity index (χ3n) is 2.50. The highest BCUT2D eigenvalue weighted by atomic mass is 32.2. The van der Waals surface area contributed by atoms with Crippen LogP contribution in [-0.4, -0.2) is 8.42 Å². The van der Waals surface area contributed by atoms with E-state index in [0.717, 1.165) is 16.7 Å². The van der Waals surface area contributed by atoms with Gasteiger partial charge in [0, 0.05) is 11.0 Å². The van der Waals surface area contributed by atoms with Crippen LogP contribution < -0.4 is 0 Å². The number of rotatable bonds is 4. The van der Waals surface area contributed by atoms with Gasteiger partial charge in [0.2, 0.25) is 0 Å². The van der Waals surface area contributed by atoms with Gasteiger partial charge in [0.15, 0.2) is 9.84 Å². The lowest BCUT2D eigenvalue weighted by molar-refractivity contribution is 0.567. The number of benzene rings is 1. The highest BCUT2D eigenvalue weighted by molar-refractivity contribution is 7.93. The summed E-state index contributed by atoms with van der Waals surface area (Å²) in [5, 5.41) is 1.22. The quantitative estimate of drug-likeness (QED) is 0.850. The summed E-state index contributed by atoms with van der Waals surface area (Å²) >= 11 is 0. The van der Waals surface area contributed by atoms with E-state index in [1.807, 2.05) is 31.2 Å². The molecule has 94 valence electrons. The largest absolute Gasteiger partial charge is 0.472 e. The Labute approximate surface area is 107 Å². The van der Waals surface area contributed by atoms with E-state index < -0.39 is 9.84 Å². The summed E-state index contributed by atoms with van der Waals surface area (Å²) in [6, 6.07) is 9.18. The Kier molecular flexibility index (Phi) is 3.67. The average Bonchev–Trinajstić information content (AvgIpc) is 2.83. The lowest BCUT2D eigenvalue weighted by Crippen LogP contribution is -1.99. The molecular weight excluding hydrogens is 248 g/mol. The third-order valence-corrected chi connectivity index (χ3v) is 3.79. The van der Waals surface area contributed by atoms with Crippen molar-refractivity contribution in [3.8, 4) is 0 Å². The standard InChI is InChI=1S/C14H14O3S/c1-12-2-4-14(5-3-12)11-18(15,16)9-7-13-6-8-17-10-13/h2-10H,11H2,1H3. The molecule has 4 heteroatoms. The van der Waals surface area contributed by atoms with Gasteiger partial charge in [-0.2, -0.15) is 0 Å². The Bertz CT molecular complexity index is 620. The molecule has 0 atom stereocenters. The van der Waals surface area contributed by atoms with Gasteiger partial charge in [0.05, 0.1) is 18.3 Å². The van der Waals surface area contributed by atoms with Crippen molar-refractivity contribution in [3.05, 3.63) is 65.0 Å². The van der Waals surface area contributed by atoms with Gasteiger partial charge in [-0.25, -0.2) is 8.42 Å². The first-order valence-corrected chi connectivity index (χ1v) is 7.25. The first-order chi connectivity index (χ1) is 8.55. The zero-order valence-corrected chi connectivity index (χ0v) is 10.9. The molecule has 0 aliphatic rings. The summed E-state index contributed by atoms with van der Waals surface area (Å²) in [6.45, 7) is 1.97. The molecule has 0 aliphatic carbocycles. The van der Waals surface area contributed by atoms with Crippen LogP contribution in [0.3, 0.4) is 0 Å². The van der Waals surface area contributed by atoms with Gasteiger partial charge in [0.1, 0.15) is 0 Å². The van der Waals surface area contributed by atoms with Gasteiger partial charge in [-0.15, -0.1) is 0 Å². The number of sulfone groups is 1. The third kappa shape index (κ3) is 3.60. The van der Waals surface area contributed by atoms with Crippen LogP contribution in [0.25, 0.3) is 6.08 Å². The fourth-order valence-corrected chi connectivity index (χ4v) is 2.63. The zero-order valence-electron chi connectivity index (χ0n) is 10.0. The smallest absolute Gasteiger partial charge is 0.175 e. The normalized spacial score (nSPS) is 12.1. The molecule has 2 rings (SSSR count). The SMILES string of the molecule is Cc1ccc(CS(=O)(=O)C=Cc2ccoc2)cc1. The Morgan fingerprint density at radius 3 is 2.50 bits per heavy atom. The lowest BCUT2D eigenvalue weighted by Gasteiger charge is -2.00. The Hall–Kier alpha value is -1.81. The molecule has 18 heavy (non-hydrogen) atoms. The summed E-state index contributed by atoms with van der Waals surface area (Å²) in [5.74, 6) is 0.0155. The summed E-state index contributed by atoms with van der Waals surface area (Å²) in [7, 11) is -3.25. The van der Waals surface area contributed by atoms with E-state index in [2.05, 4.69) is 0 Å². The Morgan fingerprint density at radius 2 is 1.89 bits per heavy atom. The van der Waals surface area contributed by atoms with E-state index in [-0.39, 0.29) is 5.75 Å². The van der Waals surface area contributed by atoms with E-state index in [4.69, 9.17) is 4.42 Å². The van der Waals surface area contributed by atoms with Crippen molar-refractivity contribution >= 4 is 15.9 Å².